The van der Waals surface area contributed by atoms with Gasteiger partial charge in [0, 0.05) is 0 Å². The fraction of sp³-hybridized carbons (Fsp3) is 0.632. The zero-order valence-electron chi connectivity index (χ0n) is 27.0. The van der Waals surface area contributed by atoms with Crippen LogP contribution in [0.2, 0.25) is 0 Å². The highest BCUT2D eigenvalue weighted by Gasteiger charge is 2.56. The van der Waals surface area contributed by atoms with Crippen molar-refractivity contribution in [1.82, 2.24) is 0 Å². The Morgan fingerprint density at radius 3 is 1.36 bits per heavy atom. The van der Waals surface area contributed by atoms with Crippen molar-refractivity contribution in [3.05, 3.63) is 69.8 Å². The number of hydrogen-bond donors (Lipinski definition) is 0. The molecule has 2 aromatic carbocycles. The van der Waals surface area contributed by atoms with Crippen molar-refractivity contribution in [3.63, 3.8) is 0 Å². The predicted octanol–water partition coefficient (Wildman–Crippen LogP) is 10.4. The minimum atomic E-state index is 0.293. The summed E-state index contributed by atoms with van der Waals surface area (Å²) in [5, 5.41) is 3.31. The van der Waals surface area contributed by atoms with Gasteiger partial charge in [-0.1, -0.05) is 108 Å². The zero-order chi connectivity index (χ0) is 28.6. The minimum Gasteiger partial charge on any atom is -0.0879 e. The summed E-state index contributed by atoms with van der Waals surface area (Å²) in [6.45, 7) is 24.3. The van der Waals surface area contributed by atoms with Gasteiger partial charge < -0.3 is 0 Å². The van der Waals surface area contributed by atoms with E-state index < -0.39 is 0 Å². The Kier molecular flexibility index (Phi) is 8.83. The van der Waals surface area contributed by atoms with Crippen molar-refractivity contribution in [1.29, 1.82) is 0 Å². The summed E-state index contributed by atoms with van der Waals surface area (Å²) in [4.78, 5) is 0. The average Bonchev–Trinajstić information content (AvgIpc) is 3.45. The van der Waals surface area contributed by atoms with Crippen LogP contribution >= 0.6 is 0 Å². The van der Waals surface area contributed by atoms with Crippen molar-refractivity contribution in [2.75, 3.05) is 0 Å². The van der Waals surface area contributed by atoms with Gasteiger partial charge in [0.25, 0.3) is 0 Å². The van der Waals surface area contributed by atoms with Crippen LogP contribution in [0.15, 0.2) is 36.4 Å². The average molecular weight is 541 g/mol. The van der Waals surface area contributed by atoms with E-state index >= 15 is 0 Å². The van der Waals surface area contributed by atoms with Crippen LogP contribution in [0.5, 0.6) is 0 Å². The summed E-state index contributed by atoms with van der Waals surface area (Å²) in [5.74, 6) is 0. The van der Waals surface area contributed by atoms with Gasteiger partial charge in [-0.05, 0) is 128 Å². The molecule has 0 saturated heterocycles. The van der Waals surface area contributed by atoms with Crippen molar-refractivity contribution in [2.24, 2.45) is 0 Å². The van der Waals surface area contributed by atoms with Gasteiger partial charge in [-0.15, -0.1) is 0 Å². The lowest BCUT2D eigenvalue weighted by atomic mass is 9.70. The summed E-state index contributed by atoms with van der Waals surface area (Å²) in [6.07, 6.45) is 15.1. The van der Waals surface area contributed by atoms with E-state index in [4.69, 9.17) is 0 Å². The smallest absolute Gasteiger partial charge is 0.0879 e. The quantitative estimate of drug-likeness (QED) is 0.249. The van der Waals surface area contributed by atoms with Crippen molar-refractivity contribution in [3.8, 4) is 0 Å². The number of rotatable bonds is 11. The van der Waals surface area contributed by atoms with Crippen molar-refractivity contribution >= 4 is 19.9 Å². The molecule has 2 aliphatic carbocycles. The molecule has 1 heteroatoms. The van der Waals surface area contributed by atoms with E-state index in [1.54, 1.807) is 27.4 Å². The zero-order valence-corrected chi connectivity index (χ0v) is 28.0. The first-order valence-electron chi connectivity index (χ1n) is 16.4. The van der Waals surface area contributed by atoms with E-state index in [-0.39, 0.29) is 0 Å². The van der Waals surface area contributed by atoms with Crippen molar-refractivity contribution in [2.45, 2.75) is 155 Å². The molecule has 2 aliphatic rings. The topological polar surface area (TPSA) is 0 Å². The van der Waals surface area contributed by atoms with Gasteiger partial charge in [0.1, 0.15) is 9.52 Å². The molecule has 0 nitrogen and oxygen atoms in total. The lowest BCUT2D eigenvalue weighted by molar-refractivity contribution is 0.279. The van der Waals surface area contributed by atoms with Crippen LogP contribution in [0.3, 0.4) is 0 Å². The number of allylic oxidation sites excluding steroid dienone is 1. The third-order valence-corrected chi connectivity index (χ3v) is 13.8. The van der Waals surface area contributed by atoms with Gasteiger partial charge in [0.2, 0.25) is 0 Å². The molecule has 0 saturated carbocycles. The van der Waals surface area contributed by atoms with E-state index in [1.807, 2.05) is 0 Å². The largest absolute Gasteiger partial charge is 0.122 e. The Bertz CT molecular complexity index is 1120. The first-order chi connectivity index (χ1) is 18.7. The third-order valence-electron chi connectivity index (χ3n) is 12.2. The maximum Gasteiger partial charge on any atom is 0.122 e. The van der Waals surface area contributed by atoms with Gasteiger partial charge in [-0.25, -0.2) is 0 Å². The van der Waals surface area contributed by atoms with E-state index in [1.165, 1.54) is 80.5 Å². The maximum absolute atomic E-state index is 2.83. The van der Waals surface area contributed by atoms with Crippen LogP contribution in [-0.4, -0.2) is 9.52 Å². The van der Waals surface area contributed by atoms with Crippen LogP contribution in [0, 0.1) is 6.92 Å². The highest BCUT2D eigenvalue weighted by Crippen LogP contribution is 2.61. The summed E-state index contributed by atoms with van der Waals surface area (Å²) in [7, 11) is 0.718. The Labute approximate surface area is 244 Å². The lowest BCUT2D eigenvalue weighted by Crippen LogP contribution is -2.38. The highest BCUT2D eigenvalue weighted by molar-refractivity contribution is 6.74. The van der Waals surface area contributed by atoms with Gasteiger partial charge in [-0.2, -0.15) is 0 Å². The molecule has 0 amide bonds. The molecule has 2 radical (unpaired) electrons. The Hall–Kier alpha value is -1.60. The standard InChI is InChI=1S/C38H56Si/c1-11-31(28-22-20-27(10)21-23-28)39-34-32-29(35(12-2,13-3)25-37(32,16-6)17-7)24-30-33(34)38(18-8,19-9)26-36(30,14-4)15-5/h11,20-24H,12-19,25-26H2,1-10H3/b31-11+. The molecule has 212 valence electrons. The fourth-order valence-corrected chi connectivity index (χ4v) is 10.8. The molecule has 4 rings (SSSR count). The first kappa shape index (κ1) is 30.4. The first-order valence-corrected chi connectivity index (χ1v) is 17.4. The molecule has 0 N–H and O–H groups in total. The van der Waals surface area contributed by atoms with Gasteiger partial charge in [0.15, 0.2) is 0 Å². The van der Waals surface area contributed by atoms with E-state index in [2.05, 4.69) is 106 Å². The van der Waals surface area contributed by atoms with Crippen LogP contribution in [-0.2, 0) is 21.7 Å². The third kappa shape index (κ3) is 4.45. The SMILES string of the molecule is C/C=C(/[Si]c1c2c(cc3c1C(CC)(CC)CC3(CC)CC)C(CC)(CC)CC2(CC)CC)c1ccc(C)cc1. The molecule has 39 heavy (non-hydrogen) atoms. The van der Waals surface area contributed by atoms with E-state index in [0.29, 0.717) is 21.7 Å². The molecule has 0 aromatic heterocycles. The monoisotopic (exact) mass is 540 g/mol. The molecule has 0 fully saturated rings. The lowest BCUT2D eigenvalue weighted by Gasteiger charge is -2.36. The number of benzene rings is 2. The summed E-state index contributed by atoms with van der Waals surface area (Å²) >= 11 is 0. The molecule has 2 aromatic rings. The Morgan fingerprint density at radius 1 is 0.641 bits per heavy atom. The molecule has 0 heterocycles. The second-order valence-corrected chi connectivity index (χ2v) is 14.4. The summed E-state index contributed by atoms with van der Waals surface area (Å²) < 4.78 is 0. The maximum atomic E-state index is 2.83. The molecule has 0 bridgehead atoms. The van der Waals surface area contributed by atoms with E-state index in [0.717, 1.165) is 9.52 Å². The molecular weight excluding hydrogens is 485 g/mol. The van der Waals surface area contributed by atoms with Crippen LogP contribution in [0.1, 0.15) is 160 Å². The molecule has 0 aliphatic heterocycles. The van der Waals surface area contributed by atoms with Gasteiger partial charge >= 0.3 is 0 Å². The highest BCUT2D eigenvalue weighted by atomic mass is 28.2. The molecule has 0 unspecified atom stereocenters. The van der Waals surface area contributed by atoms with Gasteiger partial charge in [-0.3, -0.25) is 0 Å². The molecular formula is C38H56Si. The number of hydrogen-bond acceptors (Lipinski definition) is 0. The second-order valence-electron chi connectivity index (χ2n) is 13.1. The van der Waals surface area contributed by atoms with Gasteiger partial charge in [0.05, 0.1) is 0 Å². The number of fused-ring (bicyclic) bond motifs is 2. The summed E-state index contributed by atoms with van der Waals surface area (Å²) in [5.41, 5.74) is 11.1. The van der Waals surface area contributed by atoms with Crippen molar-refractivity contribution < 1.29 is 0 Å². The summed E-state index contributed by atoms with van der Waals surface area (Å²) in [6, 6.07) is 12.2. The molecule has 0 atom stereocenters. The van der Waals surface area contributed by atoms with Crippen LogP contribution < -0.4 is 5.19 Å². The normalized spacial score (nSPS) is 20.2. The van der Waals surface area contributed by atoms with Crippen LogP contribution in [0.4, 0.5) is 0 Å². The van der Waals surface area contributed by atoms with E-state index in [9.17, 15) is 0 Å². The van der Waals surface area contributed by atoms with Crippen LogP contribution in [0.25, 0.3) is 5.20 Å². The Morgan fingerprint density at radius 2 is 1.03 bits per heavy atom. The second kappa shape index (κ2) is 11.3. The Balaban J connectivity index is 2.16. The fourth-order valence-electron chi connectivity index (χ4n) is 9.06. The molecule has 0 spiro atoms. The minimum absolute atomic E-state index is 0.293. The number of aryl methyl sites for hydroxylation is 1. The predicted molar refractivity (Wildman–Crippen MR) is 175 cm³/mol.